The smallest absolute Gasteiger partial charge is 0.313 e. The van der Waals surface area contributed by atoms with Crippen LogP contribution in [0, 0.1) is 29.6 Å². The largest absolute Gasteiger partial charge is 0.462 e. The Bertz CT molecular complexity index is 1830. The molecule has 20 atom stereocenters. The molecule has 64 heavy (non-hydrogen) atoms. The molecule has 0 saturated carbocycles. The Labute approximate surface area is 380 Å². The Morgan fingerprint density at radius 3 is 2.48 bits per heavy atom. The molecule has 356 valence electrons. The zero-order chi connectivity index (χ0) is 45.5. The summed E-state index contributed by atoms with van der Waals surface area (Å²) in [5.41, 5.74) is 2.12. The van der Waals surface area contributed by atoms with Crippen molar-refractivity contribution in [2.24, 2.45) is 29.6 Å². The lowest BCUT2D eigenvalue weighted by atomic mass is 9.75. The van der Waals surface area contributed by atoms with E-state index < -0.39 is 66.4 Å². The van der Waals surface area contributed by atoms with Crippen LogP contribution in [0.15, 0.2) is 71.4 Å². The summed E-state index contributed by atoms with van der Waals surface area (Å²) in [6.07, 6.45) is 16.5. The first-order valence-corrected chi connectivity index (χ1v) is 24.1. The maximum Gasteiger partial charge on any atom is 0.313 e. The number of methoxy groups -OCH3 is 1. The molecule has 4 saturated heterocycles. The van der Waals surface area contributed by atoms with Crippen LogP contribution in [-0.2, 0) is 47.4 Å². The van der Waals surface area contributed by atoms with Crippen molar-refractivity contribution in [3.8, 4) is 0 Å². The van der Waals surface area contributed by atoms with Crippen molar-refractivity contribution < 1.29 is 57.6 Å². The zero-order valence-electron chi connectivity index (χ0n) is 39.4. The topological polar surface area (TPSA) is 153 Å². The van der Waals surface area contributed by atoms with Gasteiger partial charge in [-0.15, -0.1) is 0 Å². The van der Waals surface area contributed by atoms with Crippen LogP contribution < -0.4 is 5.32 Å². The Morgan fingerprint density at radius 1 is 0.953 bits per heavy atom. The molecule has 1 aliphatic carbocycles. The number of fused-ring (bicyclic) bond motifs is 2. The Hall–Kier alpha value is -2.53. The second-order valence-corrected chi connectivity index (χ2v) is 20.1. The summed E-state index contributed by atoms with van der Waals surface area (Å²) in [5.74, 6) is -1.93. The van der Waals surface area contributed by atoms with Gasteiger partial charge >= 0.3 is 5.97 Å². The fourth-order valence-corrected chi connectivity index (χ4v) is 11.6. The number of nitrogens with one attached hydrogen (secondary N) is 1. The number of ether oxygens (including phenoxy) is 9. The molecule has 0 aromatic heterocycles. The number of allylic oxidation sites excluding steroid dienone is 2. The summed E-state index contributed by atoms with van der Waals surface area (Å²) in [6, 6.07) is 0. The number of hydrogen-bond acceptors (Lipinski definition) is 13. The average Bonchev–Trinajstić information content (AvgIpc) is 3.70. The SMILES string of the molecule is CCC(C)C1OC2(C=C[C@@H]1C)CC1CC(C/C=C(\C)[C@@H](O[C@H]3CC(OC)[C@@H](O[C@H]4CC(O)[C@]5(CC=CCN5)C(C)O4)C(C)O3)[C@@H](C)/C=C/C=C3\COC4C(O)C(C)=C[C@@H](C(=O)O1)C34)O2. The molecule has 7 aliphatic heterocycles. The van der Waals surface area contributed by atoms with Crippen LogP contribution >= 0.6 is 0 Å². The number of esters is 1. The molecule has 12 unspecified atom stereocenters. The molecule has 3 N–H and O–H groups in total. The normalized spacial score (nSPS) is 49.0. The lowest BCUT2D eigenvalue weighted by molar-refractivity contribution is -0.317. The molecule has 0 radical (unpaired) electrons. The van der Waals surface area contributed by atoms with E-state index in [-0.39, 0.29) is 54.2 Å². The van der Waals surface area contributed by atoms with E-state index >= 15 is 0 Å². The van der Waals surface area contributed by atoms with Gasteiger partial charge in [0.2, 0.25) is 0 Å². The minimum absolute atomic E-state index is 0.0482. The van der Waals surface area contributed by atoms with Crippen LogP contribution in [0.25, 0.3) is 0 Å². The monoisotopic (exact) mass is 894 g/mol. The van der Waals surface area contributed by atoms with Gasteiger partial charge in [0, 0.05) is 57.1 Å². The van der Waals surface area contributed by atoms with E-state index in [1.807, 2.05) is 45.1 Å². The predicted molar refractivity (Wildman–Crippen MR) is 240 cm³/mol. The summed E-state index contributed by atoms with van der Waals surface area (Å²) < 4.78 is 59.3. The number of aliphatic hydroxyl groups excluding tert-OH is 2. The lowest BCUT2D eigenvalue weighted by Crippen LogP contribution is -2.67. The van der Waals surface area contributed by atoms with Gasteiger partial charge < -0.3 is 58.2 Å². The van der Waals surface area contributed by atoms with Crippen LogP contribution in [-0.4, -0.2) is 127 Å². The first-order chi connectivity index (χ1) is 30.6. The summed E-state index contributed by atoms with van der Waals surface area (Å²) in [7, 11) is 1.68. The van der Waals surface area contributed by atoms with Crippen molar-refractivity contribution in [2.75, 3.05) is 20.3 Å². The van der Waals surface area contributed by atoms with E-state index in [4.69, 9.17) is 42.6 Å². The fourth-order valence-electron chi connectivity index (χ4n) is 11.6. The van der Waals surface area contributed by atoms with Gasteiger partial charge in [0.05, 0.1) is 66.9 Å². The molecule has 4 fully saturated rings. The Kier molecular flexibility index (Phi) is 15.0. The van der Waals surface area contributed by atoms with E-state index in [1.54, 1.807) is 7.11 Å². The average molecular weight is 894 g/mol. The van der Waals surface area contributed by atoms with Gasteiger partial charge in [0.1, 0.15) is 18.3 Å². The van der Waals surface area contributed by atoms with E-state index in [9.17, 15) is 15.0 Å². The molecule has 7 heterocycles. The van der Waals surface area contributed by atoms with Gasteiger partial charge in [0.15, 0.2) is 18.4 Å². The van der Waals surface area contributed by atoms with Crippen LogP contribution in [0.5, 0.6) is 0 Å². The highest BCUT2D eigenvalue weighted by atomic mass is 16.7. The van der Waals surface area contributed by atoms with Crippen molar-refractivity contribution in [2.45, 2.75) is 191 Å². The van der Waals surface area contributed by atoms with Crippen LogP contribution in [0.4, 0.5) is 0 Å². The first-order valence-electron chi connectivity index (χ1n) is 24.1. The third kappa shape index (κ3) is 9.74. The van der Waals surface area contributed by atoms with Crippen molar-refractivity contribution in [3.05, 3.63) is 71.4 Å². The van der Waals surface area contributed by atoms with Crippen LogP contribution in [0.1, 0.15) is 100 Å². The Morgan fingerprint density at radius 2 is 1.75 bits per heavy atom. The summed E-state index contributed by atoms with van der Waals surface area (Å²) in [5, 5.41) is 26.1. The third-order valence-corrected chi connectivity index (χ3v) is 15.7. The molecule has 0 aromatic rings. The molecule has 13 nitrogen and oxygen atoms in total. The quantitative estimate of drug-likeness (QED) is 0.188. The predicted octanol–water partition coefficient (Wildman–Crippen LogP) is 6.54. The Balaban J connectivity index is 1.04. The lowest BCUT2D eigenvalue weighted by Gasteiger charge is -2.50. The van der Waals surface area contributed by atoms with E-state index in [2.05, 4.69) is 70.3 Å². The number of rotatable bonds is 7. The summed E-state index contributed by atoms with van der Waals surface area (Å²) >= 11 is 0. The molecule has 13 heteroatoms. The van der Waals surface area contributed by atoms with Gasteiger partial charge in [-0.2, -0.15) is 0 Å². The third-order valence-electron chi connectivity index (χ3n) is 15.7. The van der Waals surface area contributed by atoms with Crippen molar-refractivity contribution in [1.82, 2.24) is 5.32 Å². The van der Waals surface area contributed by atoms with Crippen LogP contribution in [0.3, 0.4) is 0 Å². The number of carbonyl (C=O) groups is 1. The van der Waals surface area contributed by atoms with E-state index in [0.717, 1.165) is 17.6 Å². The van der Waals surface area contributed by atoms with Gasteiger partial charge in [-0.25, -0.2) is 0 Å². The van der Waals surface area contributed by atoms with Gasteiger partial charge in [-0.3, -0.25) is 4.79 Å². The molecule has 2 bridgehead atoms. The van der Waals surface area contributed by atoms with Gasteiger partial charge in [-0.1, -0.05) is 82.7 Å². The number of carbonyl (C=O) groups excluding carboxylic acids is 1. The highest BCUT2D eigenvalue weighted by Crippen LogP contribution is 2.45. The van der Waals surface area contributed by atoms with Crippen molar-refractivity contribution >= 4 is 5.97 Å². The molecule has 8 aliphatic rings. The molecular weight excluding hydrogens is 819 g/mol. The maximum atomic E-state index is 14.3. The minimum atomic E-state index is -1.05. The second-order valence-electron chi connectivity index (χ2n) is 20.1. The zero-order valence-corrected chi connectivity index (χ0v) is 39.4. The highest BCUT2D eigenvalue weighted by Gasteiger charge is 2.53. The number of hydrogen-bond donors (Lipinski definition) is 3. The standard InChI is InChI=1S/C51H75NO12/c1-10-28(2)46-31(5)18-20-50(64-46)26-37-23-36(63-50)17-16-30(4)45(29(3)14-13-15-35-27-57-48-43(35)38(49(55)60-37)22-32(6)44(48)54)61-41-24-39(56-9)47(33(7)58-41)62-42-25-40(53)51(34(8)59-42)19-11-12-21-52-51/h11-16,18,20,22,28-29,31,33-34,36-48,52-54H,10,17,19,21,23-27H2,1-9H3/b14-13+,30-16+,35-15+/t28?,29-,31-,33?,34?,36?,37?,38+,39?,40?,41-,42-,43?,44?,45-,46?,47-,48?,50?,51-/m0/s1. The minimum Gasteiger partial charge on any atom is -0.462 e. The van der Waals surface area contributed by atoms with E-state index in [0.29, 0.717) is 63.2 Å². The number of aliphatic hydroxyl groups is 2. The molecular formula is C51H75NO12. The first kappa shape index (κ1) is 47.9. The van der Waals surface area contributed by atoms with Crippen molar-refractivity contribution in [3.63, 3.8) is 0 Å². The molecule has 0 aromatic carbocycles. The van der Waals surface area contributed by atoms with Gasteiger partial charge in [-0.05, 0) is 69.2 Å². The second kappa shape index (κ2) is 20.0. The highest BCUT2D eigenvalue weighted by molar-refractivity contribution is 5.76. The summed E-state index contributed by atoms with van der Waals surface area (Å²) in [6.45, 7) is 17.6. The molecule has 0 amide bonds. The fraction of sp³-hybridized carbons (Fsp3) is 0.745. The van der Waals surface area contributed by atoms with E-state index in [1.165, 1.54) is 0 Å². The van der Waals surface area contributed by atoms with Crippen LogP contribution in [0.2, 0.25) is 0 Å². The van der Waals surface area contributed by atoms with Crippen molar-refractivity contribution in [1.29, 1.82) is 0 Å². The summed E-state index contributed by atoms with van der Waals surface area (Å²) in [4.78, 5) is 14.3. The maximum absolute atomic E-state index is 14.3. The molecule has 8 rings (SSSR count). The van der Waals surface area contributed by atoms with Gasteiger partial charge in [0.25, 0.3) is 0 Å². The molecule has 2 spiro atoms.